The Morgan fingerprint density at radius 3 is 2.12 bits per heavy atom. The molecule has 4 aromatic carbocycles. The molecule has 366 valence electrons. The Balaban J connectivity index is 1.46. The third-order valence-electron chi connectivity index (χ3n) is 11.3. The van der Waals surface area contributed by atoms with E-state index in [-0.39, 0.29) is 66.9 Å². The second-order valence-corrected chi connectivity index (χ2v) is 21.0. The largest absolute Gasteiger partial charge is 0.465 e. The van der Waals surface area contributed by atoms with E-state index in [1.54, 1.807) is 44.2 Å². The molecule has 5 aromatic rings. The van der Waals surface area contributed by atoms with Gasteiger partial charge in [-0.3, -0.25) is 23.7 Å². The number of nitrogens with one attached hydrogen (secondary N) is 3. The number of unbranched alkanes of at least 4 members (excludes halogenated alkanes) is 9. The lowest BCUT2D eigenvalue weighted by molar-refractivity contribution is -0.143. The Labute approximate surface area is 409 Å². The van der Waals surface area contributed by atoms with E-state index in [9.17, 15) is 32.1 Å². The molecule has 1 aromatic heterocycles. The fraction of sp³-hybridized carbons (Fsp3) is 0.408. The van der Waals surface area contributed by atoms with Crippen LogP contribution in [0.15, 0.2) is 98.4 Å². The number of aliphatic hydroxyl groups is 1. The minimum absolute atomic E-state index is 0.00526. The van der Waals surface area contributed by atoms with Crippen LogP contribution < -0.4 is 20.5 Å². The molecule has 0 saturated heterocycles. The number of para-hydroxylation sites is 1. The lowest BCUT2D eigenvalue weighted by atomic mass is 10.1. The summed E-state index contributed by atoms with van der Waals surface area (Å²) in [5.41, 5.74) is 0.599. The highest BCUT2D eigenvalue weighted by Gasteiger charge is 2.27. The molecule has 0 bridgehead atoms. The summed E-state index contributed by atoms with van der Waals surface area (Å²) in [5, 5.41) is 12.4. The van der Waals surface area contributed by atoms with Crippen LogP contribution in [0.2, 0.25) is 10.0 Å². The minimum Gasteiger partial charge on any atom is -0.465 e. The number of fused-ring (bicyclic) bond motifs is 1. The number of aliphatic hydroxyl groups excluding tert-OH is 1. The standard InChI is InChI=1S/C49H61Cl2N7O8S2/c1-5-8-9-10-11-12-13-14-15-18-29-67(52,63)36-22-24-40(51)44(31-36)56-68(64,65)37-23-25-39(50)43(32-37)55-48(61)46(53-41-26-21-35(30-34(41)4)57(6-2)27-28-59)47-54-42-20-17-16-19-38(42)49(62)58(47)33-45(60)66-7-3/h16-17,19-26,30-32,52,56,59H,5-15,18,27-29,33H2,1-4H3,(H,55,61). The third kappa shape index (κ3) is 14.4. The van der Waals surface area contributed by atoms with Gasteiger partial charge in [0.2, 0.25) is 0 Å². The number of sulfonamides is 1. The first-order valence-corrected chi connectivity index (χ1v) is 26.9. The number of nitrogens with zero attached hydrogens (tertiary/aromatic N) is 4. The molecule has 5 rings (SSSR count). The molecule has 0 aliphatic heterocycles. The number of anilines is 3. The van der Waals surface area contributed by atoms with Gasteiger partial charge in [-0.25, -0.2) is 27.4 Å². The molecule has 0 radical (unpaired) electrons. The summed E-state index contributed by atoms with van der Waals surface area (Å²) in [4.78, 5) is 52.8. The number of ether oxygens (including phenoxy) is 1. The van der Waals surface area contributed by atoms with Crippen LogP contribution in [0.25, 0.3) is 10.9 Å². The van der Waals surface area contributed by atoms with Crippen LogP contribution in [0.4, 0.5) is 22.7 Å². The summed E-state index contributed by atoms with van der Waals surface area (Å²) in [6.07, 6.45) is 10.8. The molecule has 1 unspecified atom stereocenters. The monoisotopic (exact) mass is 1010 g/mol. The molecule has 68 heavy (non-hydrogen) atoms. The number of amides is 1. The number of aliphatic imine (C=N–C) groups is 1. The Kier molecular flexibility index (Phi) is 20.0. The molecule has 4 N–H and O–H groups in total. The number of rotatable bonds is 26. The zero-order chi connectivity index (χ0) is 49.4. The van der Waals surface area contributed by atoms with Crippen molar-refractivity contribution >= 4 is 94.2 Å². The quantitative estimate of drug-likeness (QED) is 0.0234. The topological polar surface area (TPSA) is 213 Å². The summed E-state index contributed by atoms with van der Waals surface area (Å²) in [7, 11) is -7.75. The van der Waals surface area contributed by atoms with E-state index in [0.29, 0.717) is 30.8 Å². The smallest absolute Gasteiger partial charge is 0.326 e. The zero-order valence-corrected chi connectivity index (χ0v) is 42.1. The Morgan fingerprint density at radius 2 is 1.47 bits per heavy atom. The van der Waals surface area contributed by atoms with Crippen LogP contribution in [0, 0.1) is 11.7 Å². The van der Waals surface area contributed by atoms with Crippen LogP contribution in [0.3, 0.4) is 0 Å². The Morgan fingerprint density at radius 1 is 0.838 bits per heavy atom. The van der Waals surface area contributed by atoms with E-state index in [1.165, 1.54) is 68.5 Å². The maximum atomic E-state index is 14.7. The molecule has 19 heteroatoms. The average molecular weight is 1010 g/mol. The fourth-order valence-corrected chi connectivity index (χ4v) is 10.5. The number of likely N-dealkylation sites (N-methyl/N-ethyl adjacent to an activating group) is 1. The molecule has 1 amide bonds. The molecular weight excluding hydrogens is 950 g/mol. The second-order valence-electron chi connectivity index (χ2n) is 16.3. The van der Waals surface area contributed by atoms with E-state index in [2.05, 4.69) is 21.9 Å². The van der Waals surface area contributed by atoms with Gasteiger partial charge >= 0.3 is 5.97 Å². The third-order valence-corrected chi connectivity index (χ3v) is 15.2. The lowest BCUT2D eigenvalue weighted by Gasteiger charge is -2.22. The van der Waals surface area contributed by atoms with Gasteiger partial charge in [-0.2, -0.15) is 0 Å². The number of halogens is 2. The van der Waals surface area contributed by atoms with Crippen LogP contribution in [-0.2, 0) is 40.6 Å². The van der Waals surface area contributed by atoms with Crippen LogP contribution in [-0.4, -0.2) is 76.9 Å². The van der Waals surface area contributed by atoms with Crippen molar-refractivity contribution in [3.05, 3.63) is 111 Å². The van der Waals surface area contributed by atoms with E-state index in [0.717, 1.165) is 42.0 Å². The molecule has 0 fully saturated rings. The first-order valence-electron chi connectivity index (χ1n) is 22.9. The molecule has 1 heterocycles. The number of carbonyl (C=O) groups excluding carboxylic acids is 2. The molecular formula is C49H61Cl2N7O8S2. The number of benzene rings is 4. The molecule has 0 spiro atoms. The minimum atomic E-state index is -4.47. The van der Waals surface area contributed by atoms with Crippen molar-refractivity contribution in [3.8, 4) is 0 Å². The van der Waals surface area contributed by atoms with Crippen molar-refractivity contribution < 1.29 is 32.1 Å². The van der Waals surface area contributed by atoms with Gasteiger partial charge in [0.15, 0.2) is 11.5 Å². The van der Waals surface area contributed by atoms with Crippen molar-refractivity contribution in [3.63, 3.8) is 0 Å². The van der Waals surface area contributed by atoms with Crippen molar-refractivity contribution in [2.24, 2.45) is 4.99 Å². The highest BCUT2D eigenvalue weighted by molar-refractivity contribution is 7.93. The van der Waals surface area contributed by atoms with Gasteiger partial charge in [-0.05, 0) is 99.5 Å². The van der Waals surface area contributed by atoms with Crippen molar-refractivity contribution in [1.29, 1.82) is 4.78 Å². The van der Waals surface area contributed by atoms with E-state index in [1.807, 2.05) is 17.9 Å². The molecule has 1 atom stereocenters. The second kappa shape index (κ2) is 25.3. The number of aryl methyl sites for hydroxylation is 1. The van der Waals surface area contributed by atoms with Crippen LogP contribution in [0.5, 0.6) is 0 Å². The Bertz CT molecular complexity index is 2890. The summed E-state index contributed by atoms with van der Waals surface area (Å²) in [5.74, 6) is -1.90. The van der Waals surface area contributed by atoms with Crippen molar-refractivity contribution in [1.82, 2.24) is 9.55 Å². The van der Waals surface area contributed by atoms with Gasteiger partial charge in [0.05, 0.1) is 65.8 Å². The van der Waals surface area contributed by atoms with Gasteiger partial charge in [0, 0.05) is 29.4 Å². The number of aromatic nitrogens is 2. The molecule has 0 saturated carbocycles. The lowest BCUT2D eigenvalue weighted by Crippen LogP contribution is -2.36. The van der Waals surface area contributed by atoms with Crippen LogP contribution >= 0.6 is 23.2 Å². The van der Waals surface area contributed by atoms with Gasteiger partial charge in [0.25, 0.3) is 21.5 Å². The van der Waals surface area contributed by atoms with Crippen molar-refractivity contribution in [2.45, 2.75) is 108 Å². The summed E-state index contributed by atoms with van der Waals surface area (Å²) in [6, 6.07) is 19.4. The molecule has 0 aliphatic rings. The molecule has 0 aliphatic carbocycles. The zero-order valence-electron chi connectivity index (χ0n) is 39.0. The predicted octanol–water partition coefficient (Wildman–Crippen LogP) is 10.3. The van der Waals surface area contributed by atoms with Gasteiger partial charge < -0.3 is 20.1 Å². The SMILES string of the molecule is CCCCCCCCCCCCS(=N)(=O)c1ccc(Cl)c(NS(=O)(=O)c2ccc(Cl)c(NC(=O)C(=Nc3ccc(N(CC)CCO)cc3C)c3nc4ccccc4c(=O)n3CC(=O)OCC)c2)c1. The number of hydrogen-bond donors (Lipinski definition) is 4. The van der Waals surface area contributed by atoms with E-state index in [4.69, 9.17) is 37.7 Å². The summed E-state index contributed by atoms with van der Waals surface area (Å²) >= 11 is 13.1. The highest BCUT2D eigenvalue weighted by Crippen LogP contribution is 2.32. The van der Waals surface area contributed by atoms with Gasteiger partial charge in [-0.1, -0.05) is 100 Å². The van der Waals surface area contributed by atoms with Gasteiger partial charge in [0.1, 0.15) is 6.54 Å². The number of carbonyl (C=O) groups is 2. The average Bonchev–Trinajstić information content (AvgIpc) is 3.30. The fourth-order valence-electron chi connectivity index (χ4n) is 7.56. The van der Waals surface area contributed by atoms with E-state index >= 15 is 0 Å². The van der Waals surface area contributed by atoms with E-state index < -0.39 is 49.4 Å². The summed E-state index contributed by atoms with van der Waals surface area (Å²) < 4.78 is 58.9. The highest BCUT2D eigenvalue weighted by atomic mass is 35.5. The summed E-state index contributed by atoms with van der Waals surface area (Å²) in [6.45, 7) is 7.84. The van der Waals surface area contributed by atoms with Crippen molar-refractivity contribution in [2.75, 3.05) is 47.0 Å². The molecule has 15 nitrogen and oxygen atoms in total. The number of hydrogen-bond acceptors (Lipinski definition) is 12. The number of esters is 1. The normalized spacial score (nSPS) is 12.7. The predicted molar refractivity (Wildman–Crippen MR) is 273 cm³/mol. The maximum Gasteiger partial charge on any atom is 0.326 e. The Hall–Kier alpha value is -5.33. The maximum absolute atomic E-state index is 14.7. The first-order chi connectivity index (χ1) is 32.5. The van der Waals surface area contributed by atoms with Crippen LogP contribution in [0.1, 0.15) is 96.4 Å². The first kappa shape index (κ1) is 53.6. The van der Waals surface area contributed by atoms with Gasteiger partial charge in [-0.15, -0.1) is 0 Å².